The van der Waals surface area contributed by atoms with Crippen LogP contribution < -0.4 is 14.8 Å². The molecule has 0 spiro atoms. The molecule has 1 saturated heterocycles. The third-order valence-corrected chi connectivity index (χ3v) is 14.3. The Kier molecular flexibility index (Phi) is 9.99. The van der Waals surface area contributed by atoms with Gasteiger partial charge in [-0.25, -0.2) is 28.2 Å². The highest BCUT2D eigenvalue weighted by Crippen LogP contribution is 2.47. The summed E-state index contributed by atoms with van der Waals surface area (Å²) in [7, 11) is -2.34. The number of carbonyl (C=O) groups is 3. The van der Waals surface area contributed by atoms with Crippen LogP contribution in [0.5, 0.6) is 5.88 Å². The number of aromatic nitrogens is 4. The average Bonchev–Trinajstić information content (AvgIpc) is 3.87. The Morgan fingerprint density at radius 1 is 1.07 bits per heavy atom. The van der Waals surface area contributed by atoms with Gasteiger partial charge in [0, 0.05) is 61.4 Å². The summed E-state index contributed by atoms with van der Waals surface area (Å²) in [5, 5.41) is 5.93. The van der Waals surface area contributed by atoms with Crippen molar-refractivity contribution in [2.75, 3.05) is 20.1 Å². The van der Waals surface area contributed by atoms with Gasteiger partial charge in [0.05, 0.1) is 4.75 Å². The summed E-state index contributed by atoms with van der Waals surface area (Å²) in [5.41, 5.74) is -1.59. The average molecular weight is 809 g/mol. The van der Waals surface area contributed by atoms with Crippen molar-refractivity contribution >= 4 is 50.5 Å². The van der Waals surface area contributed by atoms with Crippen LogP contribution in [0.3, 0.4) is 0 Å². The Morgan fingerprint density at radius 3 is 2.52 bits per heavy atom. The zero-order valence-electron chi connectivity index (χ0n) is 29.7. The largest absolute Gasteiger partial charge is 0.474 e. The van der Waals surface area contributed by atoms with E-state index in [0.717, 1.165) is 23.1 Å². The first-order valence-electron chi connectivity index (χ1n) is 17.6. The van der Waals surface area contributed by atoms with Gasteiger partial charge in [-0.2, -0.15) is 18.2 Å². The summed E-state index contributed by atoms with van der Waals surface area (Å²) in [6, 6.07) is 0.0104. The van der Waals surface area contributed by atoms with Crippen molar-refractivity contribution in [3.8, 4) is 27.4 Å². The fourth-order valence-corrected chi connectivity index (χ4v) is 9.44. The van der Waals surface area contributed by atoms with Gasteiger partial charge in [-0.1, -0.05) is 12.2 Å². The van der Waals surface area contributed by atoms with E-state index in [1.165, 1.54) is 22.3 Å². The van der Waals surface area contributed by atoms with Crippen LogP contribution in [0.2, 0.25) is 0 Å². The Labute approximate surface area is 317 Å². The van der Waals surface area contributed by atoms with E-state index >= 15 is 0 Å². The van der Waals surface area contributed by atoms with Crippen LogP contribution in [0, 0.1) is 12.8 Å². The lowest BCUT2D eigenvalue weighted by molar-refractivity contribution is -0.140. The first-order valence-corrected chi connectivity index (χ1v) is 20.8. The quantitative estimate of drug-likeness (QED) is 0.312. The third kappa shape index (κ3) is 7.68. The number of halogens is 3. The van der Waals surface area contributed by atoms with Crippen LogP contribution >= 0.6 is 22.7 Å². The number of alkyl halides is 3. The molecule has 3 aromatic heterocycles. The second kappa shape index (κ2) is 14.2. The number of nitrogens with zero attached hydrogens (tertiary/aromatic N) is 6. The lowest BCUT2D eigenvalue weighted by Gasteiger charge is -2.40. The SMILES string of the molecule is Cc1csc(-c2cc(O[C@H]3CCN4C(=O)N(C)CCCCC=C[C@@H]5C[C@@]5(C(=O)NS(=O)(=O)C5(C)CC5)NC(=O)[C@@H]4C3)nc(-c3nc(C(F)(F)F)cs3)n2)n1. The van der Waals surface area contributed by atoms with Gasteiger partial charge < -0.3 is 19.9 Å². The zero-order valence-corrected chi connectivity index (χ0v) is 32.1. The molecule has 4 aliphatic rings. The predicted octanol–water partition coefficient (Wildman–Crippen LogP) is 4.93. The van der Waals surface area contributed by atoms with Crippen molar-refractivity contribution in [2.45, 2.75) is 93.8 Å². The molecule has 5 heterocycles. The maximum atomic E-state index is 14.3. The maximum Gasteiger partial charge on any atom is 0.434 e. The van der Waals surface area contributed by atoms with E-state index in [9.17, 15) is 36.0 Å². The first-order chi connectivity index (χ1) is 25.5. The number of thiazole rings is 2. The molecule has 4 atom stereocenters. The molecule has 3 aromatic rings. The van der Waals surface area contributed by atoms with E-state index in [0.29, 0.717) is 48.6 Å². The number of nitrogens with one attached hydrogen (secondary N) is 2. The number of amides is 4. The van der Waals surface area contributed by atoms with Gasteiger partial charge in [-0.05, 0) is 52.4 Å². The van der Waals surface area contributed by atoms with Gasteiger partial charge in [0.15, 0.2) is 16.5 Å². The van der Waals surface area contributed by atoms with Crippen molar-refractivity contribution in [1.82, 2.24) is 39.8 Å². The summed E-state index contributed by atoms with van der Waals surface area (Å²) < 4.78 is 73.9. The first kappa shape index (κ1) is 38.1. The number of hydrogen-bond acceptors (Lipinski definition) is 12. The van der Waals surface area contributed by atoms with E-state index < -0.39 is 62.1 Å². The van der Waals surface area contributed by atoms with Crippen molar-refractivity contribution < 1.29 is 40.7 Å². The van der Waals surface area contributed by atoms with E-state index in [1.54, 1.807) is 31.2 Å². The van der Waals surface area contributed by atoms with Crippen LogP contribution in [0.4, 0.5) is 18.0 Å². The number of carbonyl (C=O) groups excluding carboxylic acids is 3. The summed E-state index contributed by atoms with van der Waals surface area (Å²) >= 11 is 2.01. The molecule has 0 unspecified atom stereocenters. The number of aryl methyl sites for hydroxylation is 1. The molecule has 3 fully saturated rings. The second-order valence-electron chi connectivity index (χ2n) is 14.5. The van der Waals surface area contributed by atoms with Gasteiger partial charge in [0.25, 0.3) is 5.91 Å². The maximum absolute atomic E-state index is 14.3. The fraction of sp³-hybridized carbons (Fsp3) is 0.559. The molecule has 20 heteroatoms. The van der Waals surface area contributed by atoms with Crippen LogP contribution in [-0.2, 0) is 25.8 Å². The number of allylic oxidation sites excluding steroid dienone is 1. The van der Waals surface area contributed by atoms with Crippen molar-refractivity contribution in [3.05, 3.63) is 40.4 Å². The van der Waals surface area contributed by atoms with E-state index in [2.05, 4.69) is 30.0 Å². The number of hydrogen-bond donors (Lipinski definition) is 2. The summed E-state index contributed by atoms with van der Waals surface area (Å²) in [4.78, 5) is 61.8. The second-order valence-corrected chi connectivity index (χ2v) is 18.4. The van der Waals surface area contributed by atoms with E-state index in [4.69, 9.17) is 4.74 Å². The third-order valence-electron chi connectivity index (χ3n) is 10.3. The van der Waals surface area contributed by atoms with Gasteiger partial charge in [-0.15, -0.1) is 22.7 Å². The Morgan fingerprint density at radius 2 is 1.83 bits per heavy atom. The van der Waals surface area contributed by atoms with Gasteiger partial charge in [0.2, 0.25) is 21.8 Å². The molecule has 2 aliphatic heterocycles. The molecule has 14 nitrogen and oxygen atoms in total. The van der Waals surface area contributed by atoms with Crippen LogP contribution in [0.1, 0.15) is 69.7 Å². The lowest BCUT2D eigenvalue weighted by Crippen LogP contribution is -2.61. The number of rotatable bonds is 7. The summed E-state index contributed by atoms with van der Waals surface area (Å²) in [6.45, 7) is 3.91. The minimum absolute atomic E-state index is 0.0109. The van der Waals surface area contributed by atoms with Crippen LogP contribution in [-0.4, -0.2) is 98.6 Å². The smallest absolute Gasteiger partial charge is 0.434 e. The highest BCUT2D eigenvalue weighted by atomic mass is 32.2. The molecule has 54 heavy (non-hydrogen) atoms. The minimum Gasteiger partial charge on any atom is -0.474 e. The van der Waals surface area contributed by atoms with E-state index in [-0.39, 0.29) is 48.6 Å². The number of fused-ring (bicyclic) bond motifs is 2. The monoisotopic (exact) mass is 808 g/mol. The standard InChI is InChI=1S/C34H39F3N8O6S3/c1-19-17-52-28(38-19)22-15-25(41-26(39-22)29-40-24(18-53-29)34(35,36)37)51-21-9-13-45-23(14-21)27(46)42-33(30(47)43-54(49,50)32(2)10-11-32)16-20(33)8-6-4-5-7-12-44(3)31(45)48/h6,8,15,17-18,20-21,23H,4-5,7,9-14,16H2,1-3H3,(H,42,46)(H,43,47)/t20-,21+,23+,33-/m1/s1. The fourth-order valence-electron chi connectivity index (χ4n) is 6.61. The normalized spacial score (nSPS) is 25.9. The molecule has 2 aliphatic carbocycles. The highest BCUT2D eigenvalue weighted by Gasteiger charge is 2.63. The predicted molar refractivity (Wildman–Crippen MR) is 193 cm³/mol. The Bertz CT molecular complexity index is 2100. The topological polar surface area (TPSA) is 177 Å². The van der Waals surface area contributed by atoms with Gasteiger partial charge in [-0.3, -0.25) is 14.3 Å². The molecule has 4 amide bonds. The number of piperidine rings is 1. The molecule has 0 aromatic carbocycles. The Hall–Kier alpha value is -4.17. The van der Waals surface area contributed by atoms with Gasteiger partial charge >= 0.3 is 12.2 Å². The van der Waals surface area contributed by atoms with Crippen LogP contribution in [0.25, 0.3) is 21.5 Å². The summed E-state index contributed by atoms with van der Waals surface area (Å²) in [5.74, 6) is -2.01. The molecular formula is C34H39F3N8O6S3. The van der Waals surface area contributed by atoms with E-state index in [1.807, 2.05) is 12.2 Å². The molecule has 2 saturated carbocycles. The number of urea groups is 1. The van der Waals surface area contributed by atoms with Crippen molar-refractivity contribution in [3.63, 3.8) is 0 Å². The van der Waals surface area contributed by atoms with Gasteiger partial charge in [0.1, 0.15) is 28.4 Å². The minimum atomic E-state index is -4.66. The molecule has 290 valence electrons. The molecular weight excluding hydrogens is 770 g/mol. The lowest BCUT2D eigenvalue weighted by atomic mass is 9.97. The van der Waals surface area contributed by atoms with Crippen LogP contribution in [0.15, 0.2) is 29.0 Å². The highest BCUT2D eigenvalue weighted by molar-refractivity contribution is 7.91. The molecule has 2 N–H and O–H groups in total. The Balaban J connectivity index is 1.18. The zero-order chi connectivity index (χ0) is 38.6. The number of ether oxygens (including phenoxy) is 1. The summed E-state index contributed by atoms with van der Waals surface area (Å²) in [6.07, 6.45) is 1.83. The molecule has 0 radical (unpaired) electrons. The van der Waals surface area contributed by atoms with Crippen molar-refractivity contribution in [1.29, 1.82) is 0 Å². The molecule has 7 rings (SSSR count). The number of sulfonamides is 1. The van der Waals surface area contributed by atoms with Crippen molar-refractivity contribution in [2.24, 2.45) is 5.92 Å². The molecule has 0 bridgehead atoms.